The summed E-state index contributed by atoms with van der Waals surface area (Å²) < 4.78 is 0.647. The largest absolute Gasteiger partial charge is 0.479 e. The van der Waals surface area contributed by atoms with E-state index in [9.17, 15) is 19.8 Å². The molecule has 3 aromatic rings. The second-order valence-electron chi connectivity index (χ2n) is 5.37. The first-order valence-corrected chi connectivity index (χ1v) is 7.82. The van der Waals surface area contributed by atoms with Gasteiger partial charge in [-0.3, -0.25) is 4.79 Å². The van der Waals surface area contributed by atoms with Crippen molar-refractivity contribution in [2.45, 2.75) is 12.5 Å². The van der Waals surface area contributed by atoms with E-state index in [0.29, 0.717) is 15.6 Å². The number of fused-ring (bicyclic) bond motifs is 1. The zero-order chi connectivity index (χ0) is 16.6. The third-order valence-corrected chi connectivity index (χ3v) is 5.10. The molecule has 4 nitrogen and oxygen atoms in total. The Balaban J connectivity index is 2.47. The van der Waals surface area contributed by atoms with Crippen molar-refractivity contribution >= 4 is 27.4 Å². The molecule has 3 rings (SSSR count). The minimum Gasteiger partial charge on any atom is -0.479 e. The van der Waals surface area contributed by atoms with Crippen LogP contribution in [0.1, 0.15) is 11.8 Å². The van der Waals surface area contributed by atoms with Crippen LogP contribution in [0.5, 0.6) is 0 Å². The Kier molecular flexibility index (Phi) is 3.75. The van der Waals surface area contributed by atoms with E-state index in [0.717, 1.165) is 11.3 Å². The summed E-state index contributed by atoms with van der Waals surface area (Å²) in [5, 5.41) is 20.4. The van der Waals surface area contributed by atoms with E-state index in [1.165, 1.54) is 6.92 Å². The third-order valence-electron chi connectivity index (χ3n) is 3.72. The summed E-state index contributed by atoms with van der Waals surface area (Å²) in [5.74, 6) is -1.39. The molecule has 1 atom stereocenters. The topological polar surface area (TPSA) is 74.6 Å². The van der Waals surface area contributed by atoms with Gasteiger partial charge in [-0.1, -0.05) is 42.5 Å². The lowest BCUT2D eigenvalue weighted by atomic mass is 9.95. The minimum atomic E-state index is -2.14. The number of hydrogen-bond donors (Lipinski definition) is 2. The average Bonchev–Trinajstić information content (AvgIpc) is 2.55. The maximum Gasteiger partial charge on any atom is 0.340 e. The Bertz CT molecular complexity index is 942. The van der Waals surface area contributed by atoms with Gasteiger partial charge < -0.3 is 10.2 Å². The summed E-state index contributed by atoms with van der Waals surface area (Å²) in [5.41, 5.74) is -1.58. The number of carboxylic acids is 1. The Morgan fingerprint density at radius 1 is 1.04 bits per heavy atom. The van der Waals surface area contributed by atoms with E-state index in [1.807, 2.05) is 6.07 Å². The van der Waals surface area contributed by atoms with Crippen molar-refractivity contribution in [2.75, 3.05) is 0 Å². The van der Waals surface area contributed by atoms with Crippen LogP contribution >= 0.6 is 11.3 Å². The van der Waals surface area contributed by atoms with E-state index in [4.69, 9.17) is 0 Å². The van der Waals surface area contributed by atoms with Gasteiger partial charge in [-0.15, -0.1) is 11.3 Å². The fourth-order valence-corrected chi connectivity index (χ4v) is 3.68. The van der Waals surface area contributed by atoms with E-state index in [-0.39, 0.29) is 15.9 Å². The van der Waals surface area contributed by atoms with Gasteiger partial charge in [-0.2, -0.15) is 0 Å². The van der Waals surface area contributed by atoms with Crippen LogP contribution in [0, 0.1) is 0 Å². The van der Waals surface area contributed by atoms with Crippen LogP contribution in [0.25, 0.3) is 21.2 Å². The van der Waals surface area contributed by atoms with Crippen molar-refractivity contribution in [3.8, 4) is 11.1 Å². The lowest BCUT2D eigenvalue weighted by molar-refractivity contribution is -0.157. The lowest BCUT2D eigenvalue weighted by Crippen LogP contribution is -2.33. The highest BCUT2D eigenvalue weighted by molar-refractivity contribution is 7.19. The number of aliphatic carboxylic acids is 1. The molecule has 0 saturated carbocycles. The summed E-state index contributed by atoms with van der Waals surface area (Å²) >= 11 is 1.13. The summed E-state index contributed by atoms with van der Waals surface area (Å²) in [6.07, 6.45) is 0. The molecule has 0 saturated heterocycles. The van der Waals surface area contributed by atoms with Crippen LogP contribution in [-0.2, 0) is 10.4 Å². The average molecular weight is 326 g/mol. The molecule has 2 N–H and O–H groups in total. The number of hydrogen-bond acceptors (Lipinski definition) is 4. The van der Waals surface area contributed by atoms with Crippen molar-refractivity contribution in [2.24, 2.45) is 0 Å². The first-order valence-electron chi connectivity index (χ1n) is 7.00. The van der Waals surface area contributed by atoms with Gasteiger partial charge in [-0.05, 0) is 24.6 Å². The van der Waals surface area contributed by atoms with Crippen LogP contribution < -0.4 is 5.43 Å². The molecule has 116 valence electrons. The molecular weight excluding hydrogens is 312 g/mol. The number of aliphatic hydroxyl groups is 1. The molecular formula is C18H14O4S. The highest BCUT2D eigenvalue weighted by atomic mass is 32.1. The molecule has 0 bridgehead atoms. The molecule has 23 heavy (non-hydrogen) atoms. The molecule has 0 amide bonds. The number of carboxylic acid groups (broad SMARTS) is 1. The third kappa shape index (κ3) is 2.54. The van der Waals surface area contributed by atoms with Crippen LogP contribution in [0.15, 0.2) is 59.4 Å². The molecule has 1 heterocycles. The Morgan fingerprint density at radius 2 is 1.65 bits per heavy atom. The van der Waals surface area contributed by atoms with Gasteiger partial charge in [0.25, 0.3) is 0 Å². The van der Waals surface area contributed by atoms with E-state index >= 15 is 0 Å². The van der Waals surface area contributed by atoms with Crippen molar-refractivity contribution < 1.29 is 15.0 Å². The number of rotatable bonds is 3. The summed E-state index contributed by atoms with van der Waals surface area (Å²) in [6, 6.07) is 15.8. The van der Waals surface area contributed by atoms with Crippen molar-refractivity contribution in [3.05, 3.63) is 69.7 Å². The predicted molar refractivity (Wildman–Crippen MR) is 90.7 cm³/mol. The lowest BCUT2D eigenvalue weighted by Gasteiger charge is -2.21. The fraction of sp³-hybridized carbons (Fsp3) is 0.111. The standard InChI is InChI=1S/C18H14O4S/c1-18(22,17(20)21)16-14(11-7-3-2-4-8-11)15(19)12-9-5-6-10-13(12)23-16/h2-10,22H,1H3,(H,20,21). The van der Waals surface area contributed by atoms with Crippen LogP contribution in [0.3, 0.4) is 0 Å². The van der Waals surface area contributed by atoms with Gasteiger partial charge in [0.2, 0.25) is 0 Å². The maximum absolute atomic E-state index is 12.9. The Hall–Kier alpha value is -2.50. The molecule has 5 heteroatoms. The van der Waals surface area contributed by atoms with E-state index < -0.39 is 11.6 Å². The normalized spacial score (nSPS) is 13.7. The SMILES string of the molecule is CC(O)(C(=O)O)c1sc2ccccc2c(=O)c1-c1ccccc1. The molecule has 0 aliphatic heterocycles. The van der Waals surface area contributed by atoms with Crippen LogP contribution in [-0.4, -0.2) is 16.2 Å². The first kappa shape index (κ1) is 15.4. The van der Waals surface area contributed by atoms with Gasteiger partial charge >= 0.3 is 5.97 Å². The summed E-state index contributed by atoms with van der Waals surface area (Å²) in [7, 11) is 0. The zero-order valence-electron chi connectivity index (χ0n) is 12.3. The van der Waals surface area contributed by atoms with Gasteiger partial charge in [0.05, 0.1) is 4.88 Å². The second kappa shape index (κ2) is 5.61. The maximum atomic E-state index is 12.9. The zero-order valence-corrected chi connectivity index (χ0v) is 13.1. The van der Waals surface area contributed by atoms with Gasteiger partial charge in [0.15, 0.2) is 11.0 Å². The molecule has 2 aromatic carbocycles. The quantitative estimate of drug-likeness (QED) is 0.775. The predicted octanol–water partition coefficient (Wildman–Crippen LogP) is 3.22. The number of benzene rings is 2. The van der Waals surface area contributed by atoms with Crippen molar-refractivity contribution in [3.63, 3.8) is 0 Å². The molecule has 0 spiro atoms. The Labute approximate surface area is 136 Å². The fourth-order valence-electron chi connectivity index (χ4n) is 2.45. The highest BCUT2D eigenvalue weighted by Gasteiger charge is 2.37. The van der Waals surface area contributed by atoms with Crippen molar-refractivity contribution in [1.29, 1.82) is 0 Å². The highest BCUT2D eigenvalue weighted by Crippen LogP contribution is 2.36. The van der Waals surface area contributed by atoms with Crippen LogP contribution in [0.4, 0.5) is 0 Å². The second-order valence-corrected chi connectivity index (χ2v) is 6.43. The molecule has 1 unspecified atom stereocenters. The summed E-state index contributed by atoms with van der Waals surface area (Å²) in [4.78, 5) is 24.6. The molecule has 0 fully saturated rings. The van der Waals surface area contributed by atoms with Crippen LogP contribution in [0.2, 0.25) is 0 Å². The molecule has 0 radical (unpaired) electrons. The minimum absolute atomic E-state index is 0.139. The first-order chi connectivity index (χ1) is 10.9. The van der Waals surface area contributed by atoms with E-state index in [1.54, 1.807) is 48.5 Å². The monoisotopic (exact) mass is 326 g/mol. The molecule has 1 aromatic heterocycles. The molecule has 0 aliphatic carbocycles. The van der Waals surface area contributed by atoms with Gasteiger partial charge in [-0.25, -0.2) is 4.79 Å². The van der Waals surface area contributed by atoms with E-state index in [2.05, 4.69) is 0 Å². The molecule has 0 aliphatic rings. The van der Waals surface area contributed by atoms with Gasteiger partial charge in [0.1, 0.15) is 0 Å². The van der Waals surface area contributed by atoms with Crippen molar-refractivity contribution in [1.82, 2.24) is 0 Å². The van der Waals surface area contributed by atoms with Gasteiger partial charge in [0, 0.05) is 15.6 Å². The summed E-state index contributed by atoms with van der Waals surface area (Å²) in [6.45, 7) is 1.20. The smallest absolute Gasteiger partial charge is 0.340 e. The Morgan fingerprint density at radius 3 is 2.30 bits per heavy atom. The number of carbonyl (C=O) groups is 1.